The van der Waals surface area contributed by atoms with Crippen molar-refractivity contribution in [1.82, 2.24) is 0 Å². The molecule has 0 heterocycles. The largest absolute Gasteiger partial charge is 0.310 e. The van der Waals surface area contributed by atoms with Gasteiger partial charge >= 0.3 is 0 Å². The molecule has 578 valence electrons. The highest BCUT2D eigenvalue weighted by molar-refractivity contribution is 7.20. The number of rotatable bonds is 18. The molecular weight excluding hydrogens is 1490 g/mol. The van der Waals surface area contributed by atoms with E-state index in [1.165, 1.54) is 152 Å². The Morgan fingerprint density at radius 2 is 0.405 bits per heavy atom. The third-order valence-corrected chi connectivity index (χ3v) is 36.5. The van der Waals surface area contributed by atoms with Crippen molar-refractivity contribution in [2.24, 2.45) is 0 Å². The molecule has 3 aliphatic rings. The first-order valence-corrected chi connectivity index (χ1v) is 46.6. The van der Waals surface area contributed by atoms with Gasteiger partial charge in [-0.1, -0.05) is 430 Å². The summed E-state index contributed by atoms with van der Waals surface area (Å²) in [7, 11) is -5.52. The zero-order valence-corrected chi connectivity index (χ0v) is 71.1. The molecule has 0 saturated heterocycles. The van der Waals surface area contributed by atoms with Crippen LogP contribution in [-0.2, 0) is 16.2 Å². The van der Waals surface area contributed by atoms with Crippen molar-refractivity contribution in [2.75, 3.05) is 9.80 Å². The normalized spacial score (nSPS) is 13.8. The summed E-state index contributed by atoms with van der Waals surface area (Å²) < 4.78 is 0. The maximum Gasteiger partial charge on any atom is 0.179 e. The smallest absolute Gasteiger partial charge is 0.179 e. The summed E-state index contributed by atoms with van der Waals surface area (Å²) in [4.78, 5) is 4.98. The van der Waals surface area contributed by atoms with Crippen LogP contribution in [0.5, 0.6) is 0 Å². The van der Waals surface area contributed by atoms with Crippen molar-refractivity contribution in [1.29, 1.82) is 0 Å². The van der Waals surface area contributed by atoms with Gasteiger partial charge in [0.2, 0.25) is 0 Å². The van der Waals surface area contributed by atoms with E-state index in [0.29, 0.717) is 0 Å². The Morgan fingerprint density at radius 1 is 0.190 bits per heavy atom. The fourth-order valence-electron chi connectivity index (χ4n) is 20.8. The predicted molar refractivity (Wildman–Crippen MR) is 521 cm³/mol. The topological polar surface area (TPSA) is 6.48 Å². The molecule has 4 heteroatoms. The third kappa shape index (κ3) is 12.4. The van der Waals surface area contributed by atoms with Crippen LogP contribution in [0, 0.1) is 0 Å². The van der Waals surface area contributed by atoms with Gasteiger partial charge in [0.05, 0.1) is 11.4 Å². The second-order valence-corrected chi connectivity index (χ2v) is 42.3. The molecule has 0 atom stereocenters. The number of anilines is 6. The summed E-state index contributed by atoms with van der Waals surface area (Å²) in [6.45, 7) is 14.4. The Morgan fingerprint density at radius 3 is 0.678 bits per heavy atom. The van der Waals surface area contributed by atoms with Crippen LogP contribution in [0.1, 0.15) is 97.2 Å². The Balaban J connectivity index is 0.543. The second-order valence-electron chi connectivity index (χ2n) is 34.7. The van der Waals surface area contributed by atoms with Gasteiger partial charge in [-0.05, 0) is 202 Å². The Hall–Kier alpha value is -14.0. The maximum atomic E-state index is 2.49. The number of benzene rings is 18. The van der Waals surface area contributed by atoms with Crippen LogP contribution in [0.4, 0.5) is 34.1 Å². The van der Waals surface area contributed by atoms with Gasteiger partial charge in [-0.2, -0.15) is 0 Å². The van der Waals surface area contributed by atoms with Crippen molar-refractivity contribution in [3.63, 3.8) is 0 Å². The molecule has 0 bridgehead atoms. The summed E-state index contributed by atoms with van der Waals surface area (Å²) in [5.74, 6) is 0. The molecule has 0 radical (unpaired) electrons. The quantitative estimate of drug-likeness (QED) is 0.0480. The van der Waals surface area contributed by atoms with Crippen molar-refractivity contribution >= 4 is 138 Å². The molecule has 0 N–H and O–H groups in total. The van der Waals surface area contributed by atoms with Gasteiger partial charge in [-0.15, -0.1) is 0 Å². The van der Waals surface area contributed by atoms with E-state index >= 15 is 0 Å². The zero-order chi connectivity index (χ0) is 81.6. The van der Waals surface area contributed by atoms with Gasteiger partial charge in [-0.3, -0.25) is 0 Å². The van der Waals surface area contributed by atoms with E-state index in [0.717, 1.165) is 34.1 Å². The van der Waals surface area contributed by atoms with Gasteiger partial charge in [0.1, 0.15) is 0 Å². The molecule has 0 fully saturated rings. The molecule has 0 aromatic heterocycles. The first-order chi connectivity index (χ1) is 59.2. The zero-order valence-electron chi connectivity index (χ0n) is 69.1. The molecule has 0 spiro atoms. The highest BCUT2D eigenvalue weighted by Crippen LogP contribution is 2.55. The number of hydrogen-bond acceptors (Lipinski definition) is 2. The average molecular weight is 1580 g/mol. The van der Waals surface area contributed by atoms with Crippen LogP contribution in [0.25, 0.3) is 79.2 Å². The molecule has 121 heavy (non-hydrogen) atoms. The highest BCUT2D eigenvalue weighted by atomic mass is 28.3. The van der Waals surface area contributed by atoms with Crippen molar-refractivity contribution in [3.8, 4) is 33.4 Å². The summed E-state index contributed by atoms with van der Waals surface area (Å²) in [6, 6.07) is 160. The second kappa shape index (κ2) is 29.8. The van der Waals surface area contributed by atoms with E-state index in [-0.39, 0.29) is 16.2 Å². The lowest BCUT2D eigenvalue weighted by Crippen LogP contribution is -2.74. The highest BCUT2D eigenvalue weighted by Gasteiger charge is 2.45. The lowest BCUT2D eigenvalue weighted by molar-refractivity contribution is 0.660. The fraction of sp³-hybridized carbons (Fsp3) is 0.0769. The molecule has 18 aromatic rings. The SMILES string of the molecule is CC1(C)c2cc(/C=C/c3ccc4c(c3)C(C)(C)c3cc(N(c5ccc([Si](c6ccccc6)(c6ccccc6)c6ccccc6)cc5)c5cccc6ccccc56)ccc3-4)ccc2-c2ccc(/C=C/c3ccc4c(c3)C(C)(C)c3cc(N(c5ccc([Si](c6ccccc6)(c6ccccc6)c6ccccc6)cc5)c5cccc6ccccc56)ccc3-4)cc21. The number of fused-ring (bicyclic) bond motifs is 11. The van der Waals surface area contributed by atoms with Gasteiger partial charge < -0.3 is 9.80 Å². The van der Waals surface area contributed by atoms with E-state index in [1.54, 1.807) is 0 Å². The summed E-state index contributed by atoms with van der Waals surface area (Å²) in [5, 5.41) is 15.7. The van der Waals surface area contributed by atoms with E-state index in [9.17, 15) is 0 Å². The summed E-state index contributed by atoms with van der Waals surface area (Å²) in [5.41, 5.74) is 26.7. The molecular formula is C117H92N2Si2. The minimum absolute atomic E-state index is 0.205. The lowest BCUT2D eigenvalue weighted by atomic mass is 9.81. The van der Waals surface area contributed by atoms with Crippen LogP contribution >= 0.6 is 0 Å². The average Bonchev–Trinajstić information content (AvgIpc) is 1.68. The van der Waals surface area contributed by atoms with Crippen molar-refractivity contribution < 1.29 is 0 Å². The molecule has 0 aliphatic heterocycles. The lowest BCUT2D eigenvalue weighted by Gasteiger charge is -2.35. The Labute approximate surface area is 713 Å². The minimum atomic E-state index is -2.76. The number of nitrogens with zero attached hydrogens (tertiary/aromatic N) is 2. The molecule has 0 amide bonds. The molecule has 3 aliphatic carbocycles. The Kier molecular flexibility index (Phi) is 18.4. The molecule has 0 saturated carbocycles. The van der Waals surface area contributed by atoms with Crippen molar-refractivity contribution in [3.05, 3.63) is 480 Å². The van der Waals surface area contributed by atoms with E-state index in [1.807, 2.05) is 0 Å². The maximum absolute atomic E-state index is 2.76. The van der Waals surface area contributed by atoms with Crippen LogP contribution < -0.4 is 51.3 Å². The minimum Gasteiger partial charge on any atom is -0.310 e. The van der Waals surface area contributed by atoms with E-state index in [4.69, 9.17) is 0 Å². The summed E-state index contributed by atoms with van der Waals surface area (Å²) >= 11 is 0. The fourth-order valence-corrected chi connectivity index (χ4v) is 30.3. The van der Waals surface area contributed by atoms with Crippen LogP contribution in [0.2, 0.25) is 0 Å². The van der Waals surface area contributed by atoms with Crippen LogP contribution in [0.3, 0.4) is 0 Å². The van der Waals surface area contributed by atoms with Gasteiger partial charge in [0.25, 0.3) is 0 Å². The van der Waals surface area contributed by atoms with Gasteiger partial charge in [-0.25, -0.2) is 0 Å². The van der Waals surface area contributed by atoms with Crippen molar-refractivity contribution in [2.45, 2.75) is 57.8 Å². The van der Waals surface area contributed by atoms with Crippen LogP contribution in [-0.4, -0.2) is 16.1 Å². The van der Waals surface area contributed by atoms with Gasteiger partial charge in [0.15, 0.2) is 16.1 Å². The third-order valence-electron chi connectivity index (χ3n) is 26.9. The number of hydrogen-bond donors (Lipinski definition) is 0. The summed E-state index contributed by atoms with van der Waals surface area (Å²) in [6.07, 6.45) is 9.26. The molecule has 21 rings (SSSR count). The first kappa shape index (κ1) is 74.5. The monoisotopic (exact) mass is 1580 g/mol. The molecule has 18 aromatic carbocycles. The Bertz CT molecular complexity index is 6440. The molecule has 2 nitrogen and oxygen atoms in total. The van der Waals surface area contributed by atoms with E-state index < -0.39 is 16.1 Å². The van der Waals surface area contributed by atoms with Gasteiger partial charge in [0, 0.05) is 49.8 Å². The van der Waals surface area contributed by atoms with Crippen LogP contribution in [0.15, 0.2) is 425 Å². The standard InChI is InChI=1S/C117H92N2Si2/c1-115(2)107-75-81(51-53-83-57-71-103-105-73-63-89(79-111(105)116(3,4)109(103)77-83)118(113-49-29-33-85-31-25-27-47-99(85)113)87-59-65-97(66-60-87)120(91-35-13-7-14-36-91,92-37-15-8-16-38-92)93-39-17-9-18-40-93)55-69-101(107)102-70-56-82(76-108(102)115)52-54-84-58-72-104-106-74-64-90(80-112(106)117(5,6)110(104)78-84)119(114-50-30-34-86-32-26-28-48-100(86)114)88-61-67-98(68-62-88)121(94-41-19-10-20-42-94,95-43-21-11-22-44-95)96-45-23-12-24-46-96/h7-80H,1-6H3/b53-51+,54-52+. The van der Waals surface area contributed by atoms with E-state index in [2.05, 4.69) is 500 Å². The first-order valence-electron chi connectivity index (χ1n) is 42.6. The molecule has 0 unspecified atom stereocenters. The predicted octanol–water partition coefficient (Wildman–Crippen LogP) is 24.9.